The standard InChI is InChI=1S/C42H80O6/c1-7-38(6)30-24-18-13-15-21-27-33-42(45)48-39(35-47-41(44)32-26-20-14-12-17-23-29-37(4)5)34-46-40(43)31-25-19-11-9-8-10-16-22-28-36(2)3/h36-39H,7-35H2,1-6H3/t38?,39-/m0/s1. The Morgan fingerprint density at radius 2 is 0.729 bits per heavy atom. The van der Waals surface area contributed by atoms with Crippen LogP contribution >= 0.6 is 0 Å². The number of rotatable bonds is 35. The first kappa shape index (κ1) is 46.4. The maximum Gasteiger partial charge on any atom is 0.306 e. The van der Waals surface area contributed by atoms with E-state index < -0.39 is 6.10 Å². The number of hydrogen-bond donors (Lipinski definition) is 0. The summed E-state index contributed by atoms with van der Waals surface area (Å²) in [5, 5.41) is 0. The fraction of sp³-hybridized carbons (Fsp3) is 0.929. The first-order chi connectivity index (χ1) is 23.1. The second-order valence-corrected chi connectivity index (χ2v) is 15.5. The molecule has 0 aliphatic rings. The van der Waals surface area contributed by atoms with Crippen molar-refractivity contribution in [3.8, 4) is 0 Å². The molecular formula is C42H80O6. The van der Waals surface area contributed by atoms with Crippen molar-refractivity contribution < 1.29 is 28.6 Å². The van der Waals surface area contributed by atoms with Crippen molar-refractivity contribution in [2.45, 2.75) is 221 Å². The van der Waals surface area contributed by atoms with Crippen LogP contribution in [0.4, 0.5) is 0 Å². The van der Waals surface area contributed by atoms with Crippen LogP contribution < -0.4 is 0 Å². The van der Waals surface area contributed by atoms with Gasteiger partial charge < -0.3 is 14.2 Å². The van der Waals surface area contributed by atoms with Crippen LogP contribution in [0.5, 0.6) is 0 Å². The van der Waals surface area contributed by atoms with Gasteiger partial charge in [-0.25, -0.2) is 0 Å². The van der Waals surface area contributed by atoms with Crippen molar-refractivity contribution in [2.24, 2.45) is 17.8 Å². The van der Waals surface area contributed by atoms with E-state index in [0.717, 1.165) is 75.5 Å². The van der Waals surface area contributed by atoms with Gasteiger partial charge in [0.2, 0.25) is 0 Å². The van der Waals surface area contributed by atoms with Gasteiger partial charge in [0.1, 0.15) is 13.2 Å². The van der Waals surface area contributed by atoms with Gasteiger partial charge in [-0.05, 0) is 37.0 Å². The van der Waals surface area contributed by atoms with Crippen LogP contribution in [0.3, 0.4) is 0 Å². The molecule has 0 N–H and O–H groups in total. The lowest BCUT2D eigenvalue weighted by Crippen LogP contribution is -2.30. The predicted octanol–water partition coefficient (Wildman–Crippen LogP) is 12.5. The molecule has 2 atom stereocenters. The molecule has 48 heavy (non-hydrogen) atoms. The molecule has 0 bridgehead atoms. The quantitative estimate of drug-likeness (QED) is 0.0376. The van der Waals surface area contributed by atoms with Crippen LogP contribution in [0.1, 0.15) is 215 Å². The lowest BCUT2D eigenvalue weighted by molar-refractivity contribution is -0.167. The highest BCUT2D eigenvalue weighted by Crippen LogP contribution is 2.16. The third-order valence-corrected chi connectivity index (χ3v) is 9.51. The topological polar surface area (TPSA) is 78.9 Å². The maximum absolute atomic E-state index is 12.6. The third kappa shape index (κ3) is 34.3. The summed E-state index contributed by atoms with van der Waals surface area (Å²) in [7, 11) is 0. The minimum Gasteiger partial charge on any atom is -0.462 e. The number of esters is 3. The molecule has 0 saturated carbocycles. The summed E-state index contributed by atoms with van der Waals surface area (Å²) in [6, 6.07) is 0. The zero-order chi connectivity index (χ0) is 35.7. The average Bonchev–Trinajstić information content (AvgIpc) is 3.05. The Morgan fingerprint density at radius 3 is 1.08 bits per heavy atom. The molecule has 0 rings (SSSR count). The van der Waals surface area contributed by atoms with Gasteiger partial charge in [-0.2, -0.15) is 0 Å². The Labute approximate surface area is 298 Å². The SMILES string of the molecule is CCC(C)CCCCCCCCC(=O)O[C@@H](COC(=O)CCCCCCCCCCC(C)C)COC(=O)CCCCCCCCC(C)C. The normalized spacial score (nSPS) is 12.8. The average molecular weight is 681 g/mol. The molecule has 0 amide bonds. The van der Waals surface area contributed by atoms with E-state index in [1.807, 2.05) is 0 Å². The summed E-state index contributed by atoms with van der Waals surface area (Å²) in [6.07, 6.45) is 28.2. The van der Waals surface area contributed by atoms with Crippen molar-refractivity contribution in [3.63, 3.8) is 0 Å². The molecule has 284 valence electrons. The van der Waals surface area contributed by atoms with Crippen LogP contribution in [0.2, 0.25) is 0 Å². The monoisotopic (exact) mass is 681 g/mol. The Balaban J connectivity index is 4.38. The van der Waals surface area contributed by atoms with Crippen LogP contribution in [0.15, 0.2) is 0 Å². The maximum atomic E-state index is 12.6. The van der Waals surface area contributed by atoms with Crippen LogP contribution in [0.25, 0.3) is 0 Å². The van der Waals surface area contributed by atoms with Gasteiger partial charge in [0.05, 0.1) is 0 Å². The van der Waals surface area contributed by atoms with Crippen LogP contribution in [-0.2, 0) is 28.6 Å². The van der Waals surface area contributed by atoms with E-state index in [9.17, 15) is 14.4 Å². The zero-order valence-electron chi connectivity index (χ0n) is 32.8. The largest absolute Gasteiger partial charge is 0.462 e. The van der Waals surface area contributed by atoms with E-state index in [2.05, 4.69) is 41.5 Å². The van der Waals surface area contributed by atoms with E-state index >= 15 is 0 Å². The highest BCUT2D eigenvalue weighted by atomic mass is 16.6. The number of hydrogen-bond acceptors (Lipinski definition) is 6. The Bertz CT molecular complexity index is 748. The summed E-state index contributed by atoms with van der Waals surface area (Å²) >= 11 is 0. The molecule has 0 aromatic rings. The molecule has 0 aromatic heterocycles. The molecular weight excluding hydrogens is 600 g/mol. The molecule has 0 aliphatic carbocycles. The fourth-order valence-corrected chi connectivity index (χ4v) is 5.96. The zero-order valence-corrected chi connectivity index (χ0v) is 32.8. The molecule has 0 fully saturated rings. The van der Waals surface area contributed by atoms with Crippen molar-refractivity contribution in [3.05, 3.63) is 0 Å². The number of unbranched alkanes of at least 4 members (excludes halogenated alkanes) is 17. The van der Waals surface area contributed by atoms with Gasteiger partial charge >= 0.3 is 17.9 Å². The van der Waals surface area contributed by atoms with Crippen molar-refractivity contribution in [2.75, 3.05) is 13.2 Å². The second kappa shape index (κ2) is 33.9. The number of ether oxygens (including phenoxy) is 3. The van der Waals surface area contributed by atoms with Gasteiger partial charge in [-0.1, -0.05) is 176 Å². The summed E-state index contributed by atoms with van der Waals surface area (Å²) < 4.78 is 16.6. The molecule has 0 aromatic carbocycles. The van der Waals surface area contributed by atoms with E-state index in [-0.39, 0.29) is 31.1 Å². The van der Waals surface area contributed by atoms with E-state index in [1.165, 1.54) is 96.3 Å². The summed E-state index contributed by atoms with van der Waals surface area (Å²) in [5.74, 6) is 1.49. The highest BCUT2D eigenvalue weighted by Gasteiger charge is 2.19. The van der Waals surface area contributed by atoms with E-state index in [1.54, 1.807) is 0 Å². The lowest BCUT2D eigenvalue weighted by Gasteiger charge is -2.18. The smallest absolute Gasteiger partial charge is 0.306 e. The van der Waals surface area contributed by atoms with E-state index in [0.29, 0.717) is 19.3 Å². The number of carbonyl (C=O) groups is 3. The Kier molecular flexibility index (Phi) is 32.8. The molecule has 0 heterocycles. The van der Waals surface area contributed by atoms with Crippen molar-refractivity contribution in [1.82, 2.24) is 0 Å². The highest BCUT2D eigenvalue weighted by molar-refractivity contribution is 5.71. The summed E-state index contributed by atoms with van der Waals surface area (Å²) in [5.41, 5.74) is 0. The molecule has 6 heteroatoms. The van der Waals surface area contributed by atoms with Crippen LogP contribution in [-0.4, -0.2) is 37.2 Å². The van der Waals surface area contributed by atoms with E-state index in [4.69, 9.17) is 14.2 Å². The first-order valence-electron chi connectivity index (χ1n) is 20.6. The molecule has 0 spiro atoms. The fourth-order valence-electron chi connectivity index (χ4n) is 5.96. The molecule has 0 saturated heterocycles. The molecule has 1 unspecified atom stereocenters. The first-order valence-corrected chi connectivity index (χ1v) is 20.6. The number of carbonyl (C=O) groups excluding carboxylic acids is 3. The van der Waals surface area contributed by atoms with Gasteiger partial charge in [-0.15, -0.1) is 0 Å². The van der Waals surface area contributed by atoms with Crippen molar-refractivity contribution >= 4 is 17.9 Å². The van der Waals surface area contributed by atoms with Gasteiger partial charge in [0.25, 0.3) is 0 Å². The lowest BCUT2D eigenvalue weighted by atomic mass is 10.00. The van der Waals surface area contributed by atoms with Gasteiger partial charge in [0.15, 0.2) is 6.10 Å². The Hall–Kier alpha value is -1.59. The van der Waals surface area contributed by atoms with Crippen molar-refractivity contribution in [1.29, 1.82) is 0 Å². The molecule has 0 radical (unpaired) electrons. The summed E-state index contributed by atoms with van der Waals surface area (Å²) in [4.78, 5) is 37.5. The predicted molar refractivity (Wildman–Crippen MR) is 201 cm³/mol. The summed E-state index contributed by atoms with van der Waals surface area (Å²) in [6.45, 7) is 13.5. The second-order valence-electron chi connectivity index (χ2n) is 15.5. The van der Waals surface area contributed by atoms with Gasteiger partial charge in [0, 0.05) is 19.3 Å². The third-order valence-electron chi connectivity index (χ3n) is 9.51. The van der Waals surface area contributed by atoms with Gasteiger partial charge in [-0.3, -0.25) is 14.4 Å². The molecule has 6 nitrogen and oxygen atoms in total. The van der Waals surface area contributed by atoms with Crippen LogP contribution in [0, 0.1) is 17.8 Å². The minimum atomic E-state index is -0.761. The minimum absolute atomic E-state index is 0.0687. The molecule has 0 aliphatic heterocycles. The Morgan fingerprint density at radius 1 is 0.417 bits per heavy atom.